The van der Waals surface area contributed by atoms with E-state index in [9.17, 15) is 13.2 Å². The number of nitrogens with one attached hydrogen (secondary N) is 2. The molecule has 1 heterocycles. The van der Waals surface area contributed by atoms with Crippen molar-refractivity contribution in [1.82, 2.24) is 10.3 Å². The van der Waals surface area contributed by atoms with Gasteiger partial charge in [0.1, 0.15) is 5.03 Å². The summed E-state index contributed by atoms with van der Waals surface area (Å²) in [5.74, 6) is -0.169. The number of aromatic nitrogens is 1. The number of anilines is 1. The molecular formula is C17H21N3O4S2. The molecule has 0 saturated heterocycles. The summed E-state index contributed by atoms with van der Waals surface area (Å²) >= 11 is 1.42. The van der Waals surface area contributed by atoms with E-state index in [1.807, 2.05) is 12.1 Å². The molecule has 0 aliphatic carbocycles. The Morgan fingerprint density at radius 2 is 1.92 bits per heavy atom. The Morgan fingerprint density at radius 1 is 1.19 bits per heavy atom. The number of hydrogen-bond acceptors (Lipinski definition) is 6. The van der Waals surface area contributed by atoms with E-state index in [2.05, 4.69) is 15.0 Å². The summed E-state index contributed by atoms with van der Waals surface area (Å²) in [5, 5.41) is 3.47. The van der Waals surface area contributed by atoms with Crippen LogP contribution in [0.4, 0.5) is 5.69 Å². The average Bonchev–Trinajstić information content (AvgIpc) is 2.64. The van der Waals surface area contributed by atoms with Crippen LogP contribution in [-0.4, -0.2) is 45.3 Å². The Bertz CT molecular complexity index is 822. The van der Waals surface area contributed by atoms with E-state index in [1.54, 1.807) is 38.3 Å². The van der Waals surface area contributed by atoms with Crippen LogP contribution in [0, 0.1) is 0 Å². The normalized spacial score (nSPS) is 11.2. The van der Waals surface area contributed by atoms with Gasteiger partial charge >= 0.3 is 0 Å². The first-order valence-electron chi connectivity index (χ1n) is 7.95. The summed E-state index contributed by atoms with van der Waals surface area (Å²) in [6, 6.07) is 10.5. The van der Waals surface area contributed by atoms with Crippen molar-refractivity contribution in [2.24, 2.45) is 0 Å². The van der Waals surface area contributed by atoms with E-state index in [-0.39, 0.29) is 11.7 Å². The van der Waals surface area contributed by atoms with Crippen molar-refractivity contribution in [1.29, 1.82) is 0 Å². The summed E-state index contributed by atoms with van der Waals surface area (Å²) in [4.78, 5) is 17.1. The molecule has 2 rings (SSSR count). The van der Waals surface area contributed by atoms with Crippen molar-refractivity contribution < 1.29 is 17.9 Å². The maximum atomic E-state index is 11.9. The second kappa shape index (κ2) is 9.56. The Balaban J connectivity index is 1.95. The molecule has 0 atom stereocenters. The zero-order valence-electron chi connectivity index (χ0n) is 14.6. The van der Waals surface area contributed by atoms with Crippen molar-refractivity contribution in [3.8, 4) is 0 Å². The number of carbonyl (C=O) groups excluding carboxylic acids is 1. The van der Waals surface area contributed by atoms with Crippen LogP contribution in [0.25, 0.3) is 0 Å². The third-order valence-electron chi connectivity index (χ3n) is 3.32. The lowest BCUT2D eigenvalue weighted by Crippen LogP contribution is -2.26. The van der Waals surface area contributed by atoms with Gasteiger partial charge in [-0.05, 0) is 43.3 Å². The van der Waals surface area contributed by atoms with Crippen molar-refractivity contribution in [3.05, 3.63) is 48.2 Å². The molecule has 0 aliphatic heterocycles. The number of hydrogen-bond donors (Lipinski definition) is 2. The summed E-state index contributed by atoms with van der Waals surface area (Å²) < 4.78 is 30.5. The number of benzene rings is 1. The summed E-state index contributed by atoms with van der Waals surface area (Å²) in [6.07, 6.45) is 1.52. The second-order valence-electron chi connectivity index (χ2n) is 5.27. The minimum Gasteiger partial charge on any atom is -0.383 e. The molecule has 2 aromatic rings. The molecule has 0 fully saturated rings. The van der Waals surface area contributed by atoms with Crippen LogP contribution >= 0.6 is 11.8 Å². The number of pyridine rings is 1. The number of nitrogens with zero attached hydrogens (tertiary/aromatic N) is 1. The maximum Gasteiger partial charge on any atom is 0.252 e. The Kier molecular flexibility index (Phi) is 7.43. The number of rotatable bonds is 9. The van der Waals surface area contributed by atoms with Gasteiger partial charge in [-0.1, -0.05) is 11.8 Å². The van der Waals surface area contributed by atoms with Crippen LogP contribution < -0.4 is 10.0 Å². The predicted octanol–water partition coefficient (Wildman–Crippen LogP) is 2.37. The van der Waals surface area contributed by atoms with E-state index >= 15 is 0 Å². The Hall–Kier alpha value is -2.10. The molecule has 9 heteroatoms. The summed E-state index contributed by atoms with van der Waals surface area (Å²) in [7, 11) is -1.71. The van der Waals surface area contributed by atoms with Gasteiger partial charge < -0.3 is 10.1 Å². The highest BCUT2D eigenvalue weighted by Gasteiger charge is 2.08. The van der Waals surface area contributed by atoms with Crippen LogP contribution in [0.2, 0.25) is 0 Å². The minimum atomic E-state index is -3.28. The maximum absolute atomic E-state index is 11.9. The lowest BCUT2D eigenvalue weighted by Gasteiger charge is -2.07. The largest absolute Gasteiger partial charge is 0.383 e. The highest BCUT2D eigenvalue weighted by Crippen LogP contribution is 2.27. The molecule has 1 aromatic heterocycles. The van der Waals surface area contributed by atoms with Gasteiger partial charge in [0.25, 0.3) is 5.91 Å². The van der Waals surface area contributed by atoms with Crippen LogP contribution in [0.3, 0.4) is 0 Å². The molecule has 0 unspecified atom stereocenters. The number of methoxy groups -OCH3 is 1. The van der Waals surface area contributed by atoms with E-state index < -0.39 is 10.0 Å². The number of ether oxygens (including phenoxy) is 1. The highest BCUT2D eigenvalue weighted by atomic mass is 32.2. The average molecular weight is 396 g/mol. The van der Waals surface area contributed by atoms with Crippen molar-refractivity contribution >= 4 is 33.4 Å². The van der Waals surface area contributed by atoms with Gasteiger partial charge in [-0.3, -0.25) is 9.52 Å². The van der Waals surface area contributed by atoms with Crippen molar-refractivity contribution in [3.63, 3.8) is 0 Å². The molecule has 1 amide bonds. The fraction of sp³-hybridized carbons (Fsp3) is 0.294. The lowest BCUT2D eigenvalue weighted by molar-refractivity contribution is 0.0936. The van der Waals surface area contributed by atoms with Crippen molar-refractivity contribution in [2.45, 2.75) is 16.8 Å². The molecule has 2 N–H and O–H groups in total. The molecule has 0 saturated carbocycles. The van der Waals surface area contributed by atoms with Gasteiger partial charge in [0.05, 0.1) is 17.9 Å². The molecule has 1 aromatic carbocycles. The first-order valence-corrected chi connectivity index (χ1v) is 10.4. The monoisotopic (exact) mass is 395 g/mol. The number of carbonyl (C=O) groups is 1. The fourth-order valence-corrected chi connectivity index (χ4v) is 3.30. The molecular weight excluding hydrogens is 374 g/mol. The number of sulfonamides is 1. The third kappa shape index (κ3) is 6.32. The van der Waals surface area contributed by atoms with E-state index in [0.29, 0.717) is 24.4 Å². The van der Waals surface area contributed by atoms with Crippen LogP contribution in [0.1, 0.15) is 17.3 Å². The van der Waals surface area contributed by atoms with E-state index in [1.165, 1.54) is 18.0 Å². The Labute approximate surface area is 157 Å². The van der Waals surface area contributed by atoms with Gasteiger partial charge in [-0.2, -0.15) is 0 Å². The summed E-state index contributed by atoms with van der Waals surface area (Å²) in [6.45, 7) is 2.48. The van der Waals surface area contributed by atoms with Gasteiger partial charge in [-0.25, -0.2) is 13.4 Å². The third-order valence-corrected chi connectivity index (χ3v) is 5.59. The zero-order valence-corrected chi connectivity index (χ0v) is 16.2. The smallest absolute Gasteiger partial charge is 0.252 e. The van der Waals surface area contributed by atoms with Crippen molar-refractivity contribution in [2.75, 3.05) is 30.7 Å². The lowest BCUT2D eigenvalue weighted by atomic mass is 10.3. The highest BCUT2D eigenvalue weighted by molar-refractivity contribution is 7.99. The van der Waals surface area contributed by atoms with E-state index in [0.717, 1.165) is 9.92 Å². The van der Waals surface area contributed by atoms with Crippen LogP contribution in [0.5, 0.6) is 0 Å². The quantitative estimate of drug-likeness (QED) is 0.633. The zero-order chi connectivity index (χ0) is 19.0. The molecule has 7 nitrogen and oxygen atoms in total. The molecule has 26 heavy (non-hydrogen) atoms. The molecule has 0 bridgehead atoms. The van der Waals surface area contributed by atoms with Gasteiger partial charge in [0, 0.05) is 30.4 Å². The SMILES string of the molecule is CCS(=O)(=O)Nc1ccc(Sc2ccc(C(=O)NCCOC)cn2)cc1. The minimum absolute atomic E-state index is 0.0266. The van der Waals surface area contributed by atoms with Gasteiger partial charge in [-0.15, -0.1) is 0 Å². The second-order valence-corrected chi connectivity index (χ2v) is 8.37. The topological polar surface area (TPSA) is 97.4 Å². The first-order chi connectivity index (χ1) is 12.4. The molecule has 0 aliphatic rings. The summed E-state index contributed by atoms with van der Waals surface area (Å²) in [5.41, 5.74) is 1.00. The van der Waals surface area contributed by atoms with Crippen LogP contribution in [0.15, 0.2) is 52.5 Å². The van der Waals surface area contributed by atoms with E-state index in [4.69, 9.17) is 4.74 Å². The fourth-order valence-electron chi connectivity index (χ4n) is 1.91. The number of amides is 1. The van der Waals surface area contributed by atoms with Gasteiger partial charge in [0.2, 0.25) is 10.0 Å². The standard InChI is InChI=1S/C17H21N3O4S2/c1-3-26(22,23)20-14-5-7-15(8-6-14)25-16-9-4-13(12-19-16)17(21)18-10-11-24-2/h4-9,12,20H,3,10-11H2,1-2H3,(H,18,21). The Morgan fingerprint density at radius 3 is 2.50 bits per heavy atom. The van der Waals surface area contributed by atoms with Gasteiger partial charge in [0.15, 0.2) is 0 Å². The van der Waals surface area contributed by atoms with Crippen LogP contribution in [-0.2, 0) is 14.8 Å². The first kappa shape index (κ1) is 20.2. The molecule has 0 radical (unpaired) electrons. The molecule has 0 spiro atoms. The predicted molar refractivity (Wildman–Crippen MR) is 102 cm³/mol. The molecule has 140 valence electrons.